The van der Waals surface area contributed by atoms with Crippen LogP contribution in [0.4, 0.5) is 0 Å². The molecule has 0 bridgehead atoms. The molecule has 1 aliphatic carbocycles. The molecule has 2 aromatic rings. The van der Waals surface area contributed by atoms with Gasteiger partial charge in [0.25, 0.3) is 0 Å². The molecule has 0 spiro atoms. The number of aryl methyl sites for hydroxylation is 3. The fourth-order valence-electron chi connectivity index (χ4n) is 2.79. The molecule has 1 aromatic carbocycles. The second-order valence-corrected chi connectivity index (χ2v) is 5.59. The summed E-state index contributed by atoms with van der Waals surface area (Å²) in [7, 11) is 0. The molecule has 1 aromatic heterocycles. The van der Waals surface area contributed by atoms with Crippen LogP contribution in [-0.2, 0) is 25.8 Å². The highest BCUT2D eigenvalue weighted by Crippen LogP contribution is 2.27. The van der Waals surface area contributed by atoms with Gasteiger partial charge >= 0.3 is 0 Å². The SMILES string of the molecule is Clc1c2c(nn1CCCc1ccccc1)CCCC2. The van der Waals surface area contributed by atoms with Gasteiger partial charge in [-0.2, -0.15) is 5.10 Å². The molecule has 0 saturated carbocycles. The van der Waals surface area contributed by atoms with E-state index >= 15 is 0 Å². The zero-order valence-electron chi connectivity index (χ0n) is 11.1. The van der Waals surface area contributed by atoms with Crippen molar-refractivity contribution in [3.63, 3.8) is 0 Å². The third-order valence-corrected chi connectivity index (χ3v) is 4.26. The van der Waals surface area contributed by atoms with Crippen molar-refractivity contribution in [1.82, 2.24) is 9.78 Å². The molecule has 0 amide bonds. The van der Waals surface area contributed by atoms with E-state index < -0.39 is 0 Å². The molecule has 100 valence electrons. The van der Waals surface area contributed by atoms with E-state index in [-0.39, 0.29) is 0 Å². The van der Waals surface area contributed by atoms with Gasteiger partial charge in [0.1, 0.15) is 5.15 Å². The lowest BCUT2D eigenvalue weighted by Gasteiger charge is -2.08. The zero-order valence-corrected chi connectivity index (χ0v) is 11.9. The van der Waals surface area contributed by atoms with Gasteiger partial charge in [-0.1, -0.05) is 41.9 Å². The Balaban J connectivity index is 1.63. The third kappa shape index (κ3) is 2.84. The summed E-state index contributed by atoms with van der Waals surface area (Å²) in [4.78, 5) is 0. The first kappa shape index (κ1) is 12.7. The highest BCUT2D eigenvalue weighted by molar-refractivity contribution is 6.30. The molecule has 0 unspecified atom stereocenters. The molecular weight excluding hydrogens is 256 g/mol. The van der Waals surface area contributed by atoms with Crippen LogP contribution >= 0.6 is 11.6 Å². The molecule has 0 radical (unpaired) electrons. The highest BCUT2D eigenvalue weighted by atomic mass is 35.5. The van der Waals surface area contributed by atoms with E-state index in [2.05, 4.69) is 35.4 Å². The molecule has 0 N–H and O–H groups in total. The number of nitrogens with zero attached hydrogens (tertiary/aromatic N) is 2. The monoisotopic (exact) mass is 274 g/mol. The molecular formula is C16H19ClN2. The van der Waals surface area contributed by atoms with Crippen LogP contribution in [0, 0.1) is 0 Å². The van der Waals surface area contributed by atoms with Gasteiger partial charge in [-0.05, 0) is 44.1 Å². The number of hydrogen-bond acceptors (Lipinski definition) is 1. The molecule has 0 saturated heterocycles. The van der Waals surface area contributed by atoms with E-state index in [9.17, 15) is 0 Å². The Kier molecular flexibility index (Phi) is 3.88. The largest absolute Gasteiger partial charge is 0.253 e. The Hall–Kier alpha value is -1.28. The van der Waals surface area contributed by atoms with E-state index in [0.717, 1.165) is 37.4 Å². The van der Waals surface area contributed by atoms with Gasteiger partial charge in [0, 0.05) is 12.1 Å². The molecule has 2 nitrogen and oxygen atoms in total. The molecule has 3 heteroatoms. The lowest BCUT2D eigenvalue weighted by atomic mass is 9.99. The summed E-state index contributed by atoms with van der Waals surface area (Å²) in [5.41, 5.74) is 3.92. The number of rotatable bonds is 4. The van der Waals surface area contributed by atoms with E-state index in [0.29, 0.717) is 0 Å². The molecule has 19 heavy (non-hydrogen) atoms. The van der Waals surface area contributed by atoms with Crippen molar-refractivity contribution in [2.24, 2.45) is 0 Å². The fraction of sp³-hybridized carbons (Fsp3) is 0.438. The van der Waals surface area contributed by atoms with Gasteiger partial charge < -0.3 is 0 Å². The number of benzene rings is 1. The zero-order chi connectivity index (χ0) is 13.1. The Morgan fingerprint density at radius 2 is 1.89 bits per heavy atom. The van der Waals surface area contributed by atoms with E-state index in [1.165, 1.54) is 29.7 Å². The Bertz CT molecular complexity index is 545. The Morgan fingerprint density at radius 1 is 1.11 bits per heavy atom. The van der Waals surface area contributed by atoms with Crippen molar-refractivity contribution < 1.29 is 0 Å². The van der Waals surface area contributed by atoms with Crippen molar-refractivity contribution in [1.29, 1.82) is 0 Å². The van der Waals surface area contributed by atoms with Crippen molar-refractivity contribution in [2.45, 2.75) is 45.1 Å². The molecule has 3 rings (SSSR count). The standard InChI is InChI=1S/C16H19ClN2/c17-16-14-10-4-5-11-15(14)18-19(16)12-6-9-13-7-2-1-3-8-13/h1-3,7-8H,4-6,9-12H2. The number of aromatic nitrogens is 2. The maximum Gasteiger partial charge on any atom is 0.130 e. The van der Waals surface area contributed by atoms with Gasteiger partial charge in [-0.3, -0.25) is 4.68 Å². The third-order valence-electron chi connectivity index (χ3n) is 3.83. The number of fused-ring (bicyclic) bond motifs is 1. The second-order valence-electron chi connectivity index (χ2n) is 5.24. The lowest BCUT2D eigenvalue weighted by molar-refractivity contribution is 0.570. The first-order chi connectivity index (χ1) is 9.34. The minimum absolute atomic E-state index is 0.878. The summed E-state index contributed by atoms with van der Waals surface area (Å²) in [5, 5.41) is 5.54. The number of hydrogen-bond donors (Lipinski definition) is 0. The van der Waals surface area contributed by atoms with Crippen LogP contribution < -0.4 is 0 Å². The second kappa shape index (κ2) is 5.79. The topological polar surface area (TPSA) is 17.8 Å². The predicted octanol–water partition coefficient (Wildman–Crippen LogP) is 4.05. The molecule has 0 fully saturated rings. The summed E-state index contributed by atoms with van der Waals surface area (Å²) in [6, 6.07) is 10.6. The summed E-state index contributed by atoms with van der Waals surface area (Å²) < 4.78 is 2.00. The fourth-order valence-corrected chi connectivity index (χ4v) is 3.12. The normalized spacial score (nSPS) is 14.4. The summed E-state index contributed by atoms with van der Waals surface area (Å²) in [5.74, 6) is 0. The van der Waals surface area contributed by atoms with E-state index in [4.69, 9.17) is 11.6 Å². The van der Waals surface area contributed by atoms with Gasteiger partial charge in [-0.25, -0.2) is 0 Å². The lowest BCUT2D eigenvalue weighted by Crippen LogP contribution is -2.02. The molecule has 1 heterocycles. The average Bonchev–Trinajstić information content (AvgIpc) is 2.78. The first-order valence-corrected chi connectivity index (χ1v) is 7.50. The van der Waals surface area contributed by atoms with Gasteiger partial charge in [0.05, 0.1) is 5.69 Å². The molecule has 0 aliphatic heterocycles. The smallest absolute Gasteiger partial charge is 0.130 e. The van der Waals surface area contributed by atoms with Crippen LogP contribution in [0.5, 0.6) is 0 Å². The van der Waals surface area contributed by atoms with E-state index in [1.54, 1.807) is 0 Å². The maximum atomic E-state index is 6.42. The van der Waals surface area contributed by atoms with Crippen molar-refractivity contribution in [3.8, 4) is 0 Å². The van der Waals surface area contributed by atoms with Crippen LogP contribution in [0.15, 0.2) is 30.3 Å². The Morgan fingerprint density at radius 3 is 2.68 bits per heavy atom. The van der Waals surface area contributed by atoms with Crippen molar-refractivity contribution in [3.05, 3.63) is 52.3 Å². The minimum atomic E-state index is 0.878. The van der Waals surface area contributed by atoms with Crippen LogP contribution in [-0.4, -0.2) is 9.78 Å². The molecule has 1 aliphatic rings. The van der Waals surface area contributed by atoms with Crippen LogP contribution in [0.3, 0.4) is 0 Å². The minimum Gasteiger partial charge on any atom is -0.253 e. The first-order valence-electron chi connectivity index (χ1n) is 7.12. The number of halogens is 1. The van der Waals surface area contributed by atoms with Gasteiger partial charge in [-0.15, -0.1) is 0 Å². The van der Waals surface area contributed by atoms with Gasteiger partial charge in [0.15, 0.2) is 0 Å². The van der Waals surface area contributed by atoms with Crippen LogP contribution in [0.25, 0.3) is 0 Å². The average molecular weight is 275 g/mol. The van der Waals surface area contributed by atoms with Crippen molar-refractivity contribution in [2.75, 3.05) is 0 Å². The summed E-state index contributed by atoms with van der Waals surface area (Å²) >= 11 is 6.42. The summed E-state index contributed by atoms with van der Waals surface area (Å²) in [6.07, 6.45) is 6.88. The van der Waals surface area contributed by atoms with Crippen molar-refractivity contribution >= 4 is 11.6 Å². The highest BCUT2D eigenvalue weighted by Gasteiger charge is 2.18. The predicted molar refractivity (Wildman–Crippen MR) is 78.6 cm³/mol. The molecule has 0 atom stereocenters. The maximum absolute atomic E-state index is 6.42. The van der Waals surface area contributed by atoms with Crippen LogP contribution in [0.2, 0.25) is 5.15 Å². The quantitative estimate of drug-likeness (QED) is 0.822. The van der Waals surface area contributed by atoms with E-state index in [1.807, 2.05) is 4.68 Å². The van der Waals surface area contributed by atoms with Crippen LogP contribution in [0.1, 0.15) is 36.1 Å². The Labute approximate surface area is 119 Å². The summed E-state index contributed by atoms with van der Waals surface area (Å²) in [6.45, 7) is 0.917. The van der Waals surface area contributed by atoms with Gasteiger partial charge in [0.2, 0.25) is 0 Å².